The largest absolute Gasteiger partial charge is 0.365 e. The van der Waals surface area contributed by atoms with Gasteiger partial charge in [0.15, 0.2) is 0 Å². The molecular weight excluding hydrogens is 262 g/mol. The first kappa shape index (κ1) is 17.7. The van der Waals surface area contributed by atoms with E-state index in [2.05, 4.69) is 69.2 Å². The van der Waals surface area contributed by atoms with Crippen LogP contribution in [0.3, 0.4) is 0 Å². The number of hydrogen-bond donors (Lipinski definition) is 3. The summed E-state index contributed by atoms with van der Waals surface area (Å²) in [5.41, 5.74) is 3.81. The predicted octanol–water partition coefficient (Wildman–Crippen LogP) is 3.82. The normalized spacial score (nSPS) is 12.7. The molecule has 0 bridgehead atoms. The summed E-state index contributed by atoms with van der Waals surface area (Å²) in [5, 5.41) is 3.57. The molecule has 0 unspecified atom stereocenters. The maximum Gasteiger partial charge on any atom is 0.148 e. The molecule has 0 aliphatic heterocycles. The van der Waals surface area contributed by atoms with Crippen molar-refractivity contribution >= 4 is 11.6 Å². The average molecular weight is 293 g/mol. The van der Waals surface area contributed by atoms with Gasteiger partial charge in [0.05, 0.1) is 0 Å². The van der Waals surface area contributed by atoms with Crippen molar-refractivity contribution in [1.82, 2.24) is 9.97 Å². The summed E-state index contributed by atoms with van der Waals surface area (Å²) in [6.07, 6.45) is 1.03. The van der Waals surface area contributed by atoms with Gasteiger partial charge >= 0.3 is 0 Å². The summed E-state index contributed by atoms with van der Waals surface area (Å²) in [4.78, 5) is 9.15. The molecule has 0 aliphatic rings. The minimum absolute atomic E-state index is 0.0581. The zero-order chi connectivity index (χ0) is 16.4. The zero-order valence-corrected chi connectivity index (χ0v) is 14.8. The molecule has 0 aromatic carbocycles. The Hall–Kier alpha value is -1.36. The topological polar surface area (TPSA) is 75.9 Å². The number of anilines is 2. The van der Waals surface area contributed by atoms with Crippen molar-refractivity contribution in [2.24, 2.45) is 11.3 Å². The third-order valence-electron chi connectivity index (χ3n) is 3.25. The molecule has 1 aromatic heterocycles. The van der Waals surface area contributed by atoms with E-state index in [-0.39, 0.29) is 16.9 Å². The zero-order valence-electron chi connectivity index (χ0n) is 14.8. The number of hydrazine groups is 1. The van der Waals surface area contributed by atoms with Crippen LogP contribution in [0, 0.1) is 12.3 Å². The van der Waals surface area contributed by atoms with E-state index in [0.29, 0.717) is 5.82 Å². The van der Waals surface area contributed by atoms with Crippen LogP contribution >= 0.6 is 0 Å². The highest BCUT2D eigenvalue weighted by atomic mass is 15.3. The van der Waals surface area contributed by atoms with Gasteiger partial charge < -0.3 is 10.7 Å². The second-order valence-electron chi connectivity index (χ2n) is 7.95. The van der Waals surface area contributed by atoms with Crippen molar-refractivity contribution in [1.29, 1.82) is 0 Å². The van der Waals surface area contributed by atoms with Gasteiger partial charge in [-0.15, -0.1) is 0 Å². The van der Waals surface area contributed by atoms with Gasteiger partial charge in [0.2, 0.25) is 0 Å². The molecule has 5 heteroatoms. The van der Waals surface area contributed by atoms with E-state index in [0.717, 1.165) is 23.6 Å². The Kier molecular flexibility index (Phi) is 5.20. The van der Waals surface area contributed by atoms with Crippen LogP contribution in [-0.2, 0) is 0 Å². The number of nitrogen functional groups attached to an aromatic ring is 1. The lowest BCUT2D eigenvalue weighted by molar-refractivity contribution is 0.302. The molecule has 0 radical (unpaired) electrons. The smallest absolute Gasteiger partial charge is 0.148 e. The van der Waals surface area contributed by atoms with Crippen LogP contribution in [0.1, 0.15) is 72.2 Å². The quantitative estimate of drug-likeness (QED) is 0.568. The van der Waals surface area contributed by atoms with Gasteiger partial charge in [-0.05, 0) is 32.6 Å². The molecule has 0 spiro atoms. The van der Waals surface area contributed by atoms with Crippen LogP contribution in [0.5, 0.6) is 0 Å². The van der Waals surface area contributed by atoms with Crippen molar-refractivity contribution in [3.05, 3.63) is 11.4 Å². The molecule has 0 saturated carbocycles. The van der Waals surface area contributed by atoms with E-state index in [9.17, 15) is 0 Å². The molecule has 1 heterocycles. The van der Waals surface area contributed by atoms with E-state index < -0.39 is 0 Å². The molecular formula is C16H31N5. The Morgan fingerprint density at radius 3 is 2.00 bits per heavy atom. The lowest BCUT2D eigenvalue weighted by Gasteiger charge is -2.34. The van der Waals surface area contributed by atoms with Crippen molar-refractivity contribution in [3.63, 3.8) is 0 Å². The number of hydrogen-bond acceptors (Lipinski definition) is 5. The third kappa shape index (κ3) is 5.16. The SMILES string of the molecule is Cc1c(NN)nc(C(C)C)nc1NC(C)(C)CC(C)(C)C. The summed E-state index contributed by atoms with van der Waals surface area (Å²) < 4.78 is 0. The summed E-state index contributed by atoms with van der Waals surface area (Å²) in [7, 11) is 0. The molecule has 0 atom stereocenters. The van der Waals surface area contributed by atoms with Crippen LogP contribution in [0.2, 0.25) is 0 Å². The van der Waals surface area contributed by atoms with Crippen molar-refractivity contribution in [2.75, 3.05) is 10.7 Å². The number of nitrogens with two attached hydrogens (primary N) is 1. The Morgan fingerprint density at radius 1 is 1.05 bits per heavy atom. The Balaban J connectivity index is 3.15. The number of nitrogens with one attached hydrogen (secondary N) is 2. The maximum absolute atomic E-state index is 5.59. The van der Waals surface area contributed by atoms with Gasteiger partial charge in [0.1, 0.15) is 17.5 Å². The maximum atomic E-state index is 5.59. The van der Waals surface area contributed by atoms with Crippen LogP contribution < -0.4 is 16.6 Å². The van der Waals surface area contributed by atoms with Crippen molar-refractivity contribution < 1.29 is 0 Å². The molecule has 0 saturated heterocycles. The standard InChI is InChI=1S/C16H31N5/c1-10(2)12-18-13(11(3)14(19-12)21-17)20-16(7,8)9-15(4,5)6/h10H,9,17H2,1-8H3,(H2,18,19,20,21). The van der Waals surface area contributed by atoms with E-state index in [1.165, 1.54) is 0 Å². The molecule has 0 amide bonds. The van der Waals surface area contributed by atoms with Crippen LogP contribution in [-0.4, -0.2) is 15.5 Å². The van der Waals surface area contributed by atoms with Crippen molar-refractivity contribution in [3.8, 4) is 0 Å². The monoisotopic (exact) mass is 293 g/mol. The molecule has 120 valence electrons. The minimum atomic E-state index is -0.0581. The molecule has 4 N–H and O–H groups in total. The lowest BCUT2D eigenvalue weighted by Crippen LogP contribution is -2.36. The Morgan fingerprint density at radius 2 is 1.57 bits per heavy atom. The Labute approximate surface area is 129 Å². The fraction of sp³-hybridized carbons (Fsp3) is 0.750. The second kappa shape index (κ2) is 6.18. The average Bonchev–Trinajstić information content (AvgIpc) is 2.27. The van der Waals surface area contributed by atoms with E-state index >= 15 is 0 Å². The fourth-order valence-corrected chi connectivity index (χ4v) is 2.74. The summed E-state index contributed by atoms with van der Waals surface area (Å²) >= 11 is 0. The lowest BCUT2D eigenvalue weighted by atomic mass is 9.82. The first-order valence-corrected chi connectivity index (χ1v) is 7.58. The third-order valence-corrected chi connectivity index (χ3v) is 3.25. The molecule has 0 fully saturated rings. The van der Waals surface area contributed by atoms with Crippen molar-refractivity contribution in [2.45, 2.75) is 73.3 Å². The number of nitrogens with zero attached hydrogens (tertiary/aromatic N) is 2. The Bertz CT molecular complexity index is 486. The summed E-state index contributed by atoms with van der Waals surface area (Å²) in [6, 6.07) is 0. The van der Waals surface area contributed by atoms with E-state index in [4.69, 9.17) is 5.84 Å². The van der Waals surface area contributed by atoms with Gasteiger partial charge in [0, 0.05) is 17.0 Å². The number of aromatic nitrogens is 2. The second-order valence-corrected chi connectivity index (χ2v) is 7.95. The van der Waals surface area contributed by atoms with E-state index in [1.54, 1.807) is 0 Å². The molecule has 1 rings (SSSR count). The highest BCUT2D eigenvalue weighted by molar-refractivity contribution is 5.57. The molecule has 21 heavy (non-hydrogen) atoms. The van der Waals surface area contributed by atoms with Crippen LogP contribution in [0.15, 0.2) is 0 Å². The first-order chi connectivity index (χ1) is 9.45. The highest BCUT2D eigenvalue weighted by Gasteiger charge is 2.27. The first-order valence-electron chi connectivity index (χ1n) is 7.58. The van der Waals surface area contributed by atoms with E-state index in [1.807, 2.05) is 6.92 Å². The van der Waals surface area contributed by atoms with Gasteiger partial charge in [-0.2, -0.15) is 0 Å². The molecule has 1 aromatic rings. The molecule has 0 aliphatic carbocycles. The summed E-state index contributed by atoms with van der Waals surface area (Å²) in [6.45, 7) is 17.3. The molecule has 5 nitrogen and oxygen atoms in total. The van der Waals surface area contributed by atoms with Crippen LogP contribution in [0.25, 0.3) is 0 Å². The van der Waals surface area contributed by atoms with Gasteiger partial charge in [0.25, 0.3) is 0 Å². The van der Waals surface area contributed by atoms with Gasteiger partial charge in [-0.1, -0.05) is 34.6 Å². The summed E-state index contributed by atoms with van der Waals surface area (Å²) in [5.74, 6) is 8.17. The minimum Gasteiger partial charge on any atom is -0.365 e. The predicted molar refractivity (Wildman–Crippen MR) is 90.4 cm³/mol. The fourth-order valence-electron chi connectivity index (χ4n) is 2.74. The van der Waals surface area contributed by atoms with Gasteiger partial charge in [-0.25, -0.2) is 15.8 Å². The van der Waals surface area contributed by atoms with Crippen LogP contribution in [0.4, 0.5) is 11.6 Å². The van der Waals surface area contributed by atoms with Gasteiger partial charge in [-0.3, -0.25) is 0 Å². The highest BCUT2D eigenvalue weighted by Crippen LogP contribution is 2.31. The number of rotatable bonds is 5.